The molecule has 7 heteroatoms. The van der Waals surface area contributed by atoms with Gasteiger partial charge in [-0.3, -0.25) is 0 Å². The molecule has 3 heterocycles. The maximum absolute atomic E-state index is 13.7. The van der Waals surface area contributed by atoms with Crippen molar-refractivity contribution in [2.75, 3.05) is 18.1 Å². The van der Waals surface area contributed by atoms with Crippen LogP contribution in [0.2, 0.25) is 0 Å². The topological polar surface area (TPSA) is 54.8 Å². The molecule has 0 saturated carbocycles. The van der Waals surface area contributed by atoms with Gasteiger partial charge < -0.3 is 15.2 Å². The van der Waals surface area contributed by atoms with Crippen LogP contribution in [0, 0.1) is 5.82 Å². The Kier molecular flexibility index (Phi) is 6.56. The van der Waals surface area contributed by atoms with Crippen LogP contribution in [0.4, 0.5) is 10.2 Å². The lowest BCUT2D eigenvalue weighted by molar-refractivity contribution is 0.129. The minimum atomic E-state index is -0.245. The zero-order valence-corrected chi connectivity index (χ0v) is 21.2. The summed E-state index contributed by atoms with van der Waals surface area (Å²) in [5.41, 5.74) is 3.89. The van der Waals surface area contributed by atoms with E-state index in [1.807, 2.05) is 24.4 Å². The van der Waals surface area contributed by atoms with E-state index in [4.69, 9.17) is 4.98 Å². The lowest BCUT2D eigenvalue weighted by Crippen LogP contribution is -2.58. The summed E-state index contributed by atoms with van der Waals surface area (Å²) in [6.07, 6.45) is 5.89. The first-order chi connectivity index (χ1) is 15.6. The van der Waals surface area contributed by atoms with Crippen molar-refractivity contribution in [3.8, 4) is 22.5 Å². The first-order valence-electron chi connectivity index (χ1n) is 11.5. The predicted octanol–water partition coefficient (Wildman–Crippen LogP) is 6.39. The zero-order valence-electron chi connectivity index (χ0n) is 20.4. The number of imidazole rings is 1. The number of rotatable bonds is 6. The third-order valence-corrected chi connectivity index (χ3v) is 6.76. The van der Waals surface area contributed by atoms with Gasteiger partial charge in [-0.25, -0.2) is 14.4 Å². The van der Waals surface area contributed by atoms with Crippen molar-refractivity contribution < 1.29 is 4.39 Å². The molecule has 0 atom stereocenters. The van der Waals surface area contributed by atoms with Crippen LogP contribution in [0.5, 0.6) is 0 Å². The normalized spacial score (nSPS) is 17.8. The van der Waals surface area contributed by atoms with E-state index in [1.54, 1.807) is 11.8 Å². The van der Waals surface area contributed by atoms with E-state index in [0.29, 0.717) is 0 Å². The number of hydrogen-bond acceptors (Lipinski definition) is 5. The molecule has 176 valence electrons. The summed E-state index contributed by atoms with van der Waals surface area (Å²) in [5.74, 6) is 0.592. The Hall–Kier alpha value is -2.38. The van der Waals surface area contributed by atoms with Crippen LogP contribution in [0.25, 0.3) is 22.5 Å². The minimum absolute atomic E-state index is 0.00710. The molecule has 4 rings (SSSR count). The van der Waals surface area contributed by atoms with Gasteiger partial charge in [0, 0.05) is 41.0 Å². The van der Waals surface area contributed by atoms with E-state index in [1.165, 1.54) is 12.1 Å². The summed E-state index contributed by atoms with van der Waals surface area (Å²) in [6, 6.07) is 11.0. The van der Waals surface area contributed by atoms with Crippen molar-refractivity contribution in [2.24, 2.45) is 0 Å². The Morgan fingerprint density at radius 2 is 1.76 bits per heavy atom. The molecule has 33 heavy (non-hydrogen) atoms. The molecule has 0 radical (unpaired) electrons. The maximum Gasteiger partial charge on any atom is 0.169 e. The second-order valence-electron chi connectivity index (χ2n) is 10.1. The summed E-state index contributed by atoms with van der Waals surface area (Å²) < 4.78 is 16.1. The molecule has 0 aliphatic carbocycles. The fourth-order valence-corrected chi connectivity index (χ4v) is 5.91. The number of piperidine rings is 1. The molecule has 3 aromatic rings. The summed E-state index contributed by atoms with van der Waals surface area (Å²) in [5, 5.41) is 8.10. The summed E-state index contributed by atoms with van der Waals surface area (Å²) in [4.78, 5) is 9.57. The van der Waals surface area contributed by atoms with E-state index < -0.39 is 0 Å². The molecule has 0 unspecified atom stereocenters. The molecule has 5 nitrogen and oxygen atoms in total. The first-order valence-corrected chi connectivity index (χ1v) is 12.8. The van der Waals surface area contributed by atoms with Crippen molar-refractivity contribution >= 4 is 17.6 Å². The molecule has 2 N–H and O–H groups in total. The SMILES string of the molecule is CCNc1cc(-c2c(-c3ccc(F)cc3)nc(SC)n2C2CC(C)(C)NC(C)(C)C2)ccn1. The summed E-state index contributed by atoms with van der Waals surface area (Å²) in [6.45, 7) is 11.9. The number of nitrogens with zero attached hydrogens (tertiary/aromatic N) is 3. The smallest absolute Gasteiger partial charge is 0.169 e. The van der Waals surface area contributed by atoms with E-state index in [9.17, 15) is 4.39 Å². The highest BCUT2D eigenvalue weighted by Gasteiger charge is 2.40. The number of pyridine rings is 1. The number of anilines is 1. The van der Waals surface area contributed by atoms with Crippen LogP contribution >= 0.6 is 11.8 Å². The molecule has 1 saturated heterocycles. The van der Waals surface area contributed by atoms with Crippen molar-refractivity contribution in [3.05, 3.63) is 48.4 Å². The average molecular weight is 468 g/mol. The van der Waals surface area contributed by atoms with Crippen molar-refractivity contribution in [1.82, 2.24) is 19.9 Å². The zero-order chi connectivity index (χ0) is 23.8. The Balaban J connectivity index is 1.95. The fourth-order valence-electron chi connectivity index (χ4n) is 5.29. The Labute approximate surface area is 200 Å². The average Bonchev–Trinajstić information content (AvgIpc) is 3.12. The number of halogens is 1. The molecule has 1 aliphatic heterocycles. The van der Waals surface area contributed by atoms with Gasteiger partial charge in [-0.2, -0.15) is 0 Å². The summed E-state index contributed by atoms with van der Waals surface area (Å²) in [7, 11) is 0. The number of benzene rings is 1. The predicted molar refractivity (Wildman–Crippen MR) is 136 cm³/mol. The highest BCUT2D eigenvalue weighted by atomic mass is 32.2. The van der Waals surface area contributed by atoms with Crippen LogP contribution in [-0.2, 0) is 0 Å². The minimum Gasteiger partial charge on any atom is -0.370 e. The van der Waals surface area contributed by atoms with E-state index in [2.05, 4.69) is 67.1 Å². The molecular weight excluding hydrogens is 433 g/mol. The van der Waals surface area contributed by atoms with Crippen molar-refractivity contribution in [3.63, 3.8) is 0 Å². The lowest BCUT2D eigenvalue weighted by atomic mass is 9.79. The second-order valence-corrected chi connectivity index (χ2v) is 10.9. The molecule has 1 aromatic carbocycles. The quantitative estimate of drug-likeness (QED) is 0.412. The Bertz CT molecular complexity index is 1100. The monoisotopic (exact) mass is 467 g/mol. The maximum atomic E-state index is 13.7. The fraction of sp³-hybridized carbons (Fsp3) is 0.462. The van der Waals surface area contributed by atoms with Gasteiger partial charge in [0.05, 0.1) is 11.4 Å². The Morgan fingerprint density at radius 1 is 1.09 bits per heavy atom. The highest BCUT2D eigenvalue weighted by Crippen LogP contribution is 2.44. The van der Waals surface area contributed by atoms with E-state index in [0.717, 1.165) is 52.9 Å². The van der Waals surface area contributed by atoms with Gasteiger partial charge in [-0.15, -0.1) is 0 Å². The third-order valence-electron chi connectivity index (χ3n) is 6.10. The van der Waals surface area contributed by atoms with Gasteiger partial charge in [-0.1, -0.05) is 11.8 Å². The number of aromatic nitrogens is 3. The van der Waals surface area contributed by atoms with Gasteiger partial charge in [0.15, 0.2) is 5.16 Å². The van der Waals surface area contributed by atoms with Crippen molar-refractivity contribution in [2.45, 2.75) is 69.7 Å². The highest BCUT2D eigenvalue weighted by molar-refractivity contribution is 7.98. The van der Waals surface area contributed by atoms with Gasteiger partial charge >= 0.3 is 0 Å². The molecule has 1 fully saturated rings. The van der Waals surface area contributed by atoms with Gasteiger partial charge in [0.25, 0.3) is 0 Å². The van der Waals surface area contributed by atoms with Crippen LogP contribution < -0.4 is 10.6 Å². The summed E-state index contributed by atoms with van der Waals surface area (Å²) >= 11 is 1.66. The first kappa shape index (κ1) is 23.8. The van der Waals surface area contributed by atoms with Crippen LogP contribution in [0.3, 0.4) is 0 Å². The molecule has 0 bridgehead atoms. The molecule has 0 amide bonds. The molecule has 1 aliphatic rings. The van der Waals surface area contributed by atoms with Crippen LogP contribution in [0.15, 0.2) is 47.8 Å². The lowest BCUT2D eigenvalue weighted by Gasteiger charge is -2.47. The van der Waals surface area contributed by atoms with Gasteiger partial charge in [0.1, 0.15) is 11.6 Å². The van der Waals surface area contributed by atoms with E-state index >= 15 is 0 Å². The second kappa shape index (κ2) is 9.11. The third kappa shape index (κ3) is 5.09. The molecular formula is C26H34FN5S. The van der Waals surface area contributed by atoms with Crippen molar-refractivity contribution in [1.29, 1.82) is 0 Å². The van der Waals surface area contributed by atoms with Crippen LogP contribution in [0.1, 0.15) is 53.5 Å². The van der Waals surface area contributed by atoms with Gasteiger partial charge in [-0.05, 0) is 90.1 Å². The van der Waals surface area contributed by atoms with Crippen LogP contribution in [-0.4, -0.2) is 38.4 Å². The standard InChI is InChI=1S/C26H34FN5S/c1-7-28-21-14-18(12-13-29-21)23-22(17-8-10-19(27)11-9-17)30-24(33-6)32(23)20-15-25(2,3)31-26(4,5)16-20/h8-14,20,31H,7,15-16H2,1-6H3,(H,28,29). The Morgan fingerprint density at radius 3 is 2.36 bits per heavy atom. The molecule has 2 aromatic heterocycles. The largest absolute Gasteiger partial charge is 0.370 e. The number of nitrogens with one attached hydrogen (secondary N) is 2. The van der Waals surface area contributed by atoms with E-state index in [-0.39, 0.29) is 22.9 Å². The molecule has 0 spiro atoms. The number of thioether (sulfide) groups is 1. The van der Waals surface area contributed by atoms with Gasteiger partial charge in [0.2, 0.25) is 0 Å². The number of hydrogen-bond donors (Lipinski definition) is 2.